The third-order valence-electron chi connectivity index (χ3n) is 3.21. The summed E-state index contributed by atoms with van der Waals surface area (Å²) in [5.74, 6) is -2.25. The number of nitrogens with one attached hydrogen (secondary N) is 2. The molecule has 19 heavy (non-hydrogen) atoms. The van der Waals surface area contributed by atoms with Crippen LogP contribution in [0, 0.1) is 5.92 Å². The van der Waals surface area contributed by atoms with Crippen LogP contribution in [0.25, 0.3) is 0 Å². The average molecular weight is 272 g/mol. The highest BCUT2D eigenvalue weighted by Crippen LogP contribution is 2.15. The Morgan fingerprint density at radius 1 is 1.42 bits per heavy atom. The summed E-state index contributed by atoms with van der Waals surface area (Å²) in [4.78, 5) is 33.9. The molecule has 0 aliphatic carbocycles. The van der Waals surface area contributed by atoms with E-state index in [0.717, 1.165) is 0 Å². The first-order chi connectivity index (χ1) is 8.81. The largest absolute Gasteiger partial charge is 0.480 e. The van der Waals surface area contributed by atoms with Crippen molar-refractivity contribution in [2.24, 2.45) is 5.92 Å². The summed E-state index contributed by atoms with van der Waals surface area (Å²) < 4.78 is 0. The maximum atomic E-state index is 11.9. The number of carboxylic acid groups (broad SMARTS) is 1. The third-order valence-corrected chi connectivity index (χ3v) is 3.21. The standard InChI is InChI=1S/C12H20N2O5/c1-6(11(12(18)19)14-7(2)15)3-10(17)9-4-8(16)5-13-9/h6,8-9,11,13,16H,3-5H2,1-2H3,(H,14,15)(H,18,19)/t6?,8-,9+,11+/m1/s1. The van der Waals surface area contributed by atoms with Crippen molar-refractivity contribution >= 4 is 17.7 Å². The number of aliphatic hydroxyl groups excluding tert-OH is 1. The van der Waals surface area contributed by atoms with Crippen LogP contribution < -0.4 is 10.6 Å². The fraction of sp³-hybridized carbons (Fsp3) is 0.750. The highest BCUT2D eigenvalue weighted by atomic mass is 16.4. The first-order valence-corrected chi connectivity index (χ1v) is 6.25. The summed E-state index contributed by atoms with van der Waals surface area (Å²) in [6.45, 7) is 3.22. The first-order valence-electron chi connectivity index (χ1n) is 6.25. The molecule has 4 N–H and O–H groups in total. The maximum absolute atomic E-state index is 11.9. The number of aliphatic carboxylic acids is 1. The van der Waals surface area contributed by atoms with E-state index in [1.807, 2.05) is 0 Å². The van der Waals surface area contributed by atoms with E-state index in [2.05, 4.69) is 10.6 Å². The minimum absolute atomic E-state index is 0.0433. The summed E-state index contributed by atoms with van der Waals surface area (Å²) in [5.41, 5.74) is 0. The van der Waals surface area contributed by atoms with Gasteiger partial charge >= 0.3 is 5.97 Å². The van der Waals surface area contributed by atoms with E-state index >= 15 is 0 Å². The molecular formula is C12H20N2O5. The molecule has 1 fully saturated rings. The molecule has 1 heterocycles. The molecule has 7 nitrogen and oxygen atoms in total. The fourth-order valence-corrected chi connectivity index (χ4v) is 2.21. The van der Waals surface area contributed by atoms with Crippen molar-refractivity contribution in [3.05, 3.63) is 0 Å². The van der Waals surface area contributed by atoms with E-state index in [9.17, 15) is 19.5 Å². The summed E-state index contributed by atoms with van der Waals surface area (Å²) in [6, 6.07) is -1.50. The summed E-state index contributed by atoms with van der Waals surface area (Å²) in [5, 5.41) is 23.6. The number of carbonyl (C=O) groups excluding carboxylic acids is 2. The van der Waals surface area contributed by atoms with E-state index in [1.54, 1.807) is 6.92 Å². The lowest BCUT2D eigenvalue weighted by Gasteiger charge is -2.21. The molecule has 1 rings (SSSR count). The van der Waals surface area contributed by atoms with Crippen molar-refractivity contribution in [1.29, 1.82) is 0 Å². The van der Waals surface area contributed by atoms with Gasteiger partial charge in [-0.3, -0.25) is 9.59 Å². The highest BCUT2D eigenvalue weighted by Gasteiger charge is 2.32. The minimum Gasteiger partial charge on any atom is -0.480 e. The lowest BCUT2D eigenvalue weighted by Crippen LogP contribution is -2.45. The van der Waals surface area contributed by atoms with Gasteiger partial charge in [-0.25, -0.2) is 4.79 Å². The molecule has 1 saturated heterocycles. The topological polar surface area (TPSA) is 116 Å². The summed E-state index contributed by atoms with van der Waals surface area (Å²) in [6.07, 6.45) is -0.139. The number of rotatable bonds is 6. The monoisotopic (exact) mass is 272 g/mol. The second-order valence-corrected chi connectivity index (χ2v) is 5.01. The maximum Gasteiger partial charge on any atom is 0.326 e. The van der Waals surface area contributed by atoms with Gasteiger partial charge in [-0.1, -0.05) is 6.92 Å². The Balaban J connectivity index is 2.55. The van der Waals surface area contributed by atoms with Gasteiger partial charge in [-0.15, -0.1) is 0 Å². The number of aliphatic hydroxyl groups is 1. The lowest BCUT2D eigenvalue weighted by atomic mass is 9.92. The van der Waals surface area contributed by atoms with Crippen molar-refractivity contribution in [2.75, 3.05) is 6.54 Å². The second kappa shape index (κ2) is 6.63. The summed E-state index contributed by atoms with van der Waals surface area (Å²) >= 11 is 0. The van der Waals surface area contributed by atoms with Gasteiger partial charge in [0.25, 0.3) is 0 Å². The highest BCUT2D eigenvalue weighted by molar-refractivity contribution is 5.87. The normalized spacial score (nSPS) is 25.6. The van der Waals surface area contributed by atoms with Crippen LogP contribution in [0.1, 0.15) is 26.7 Å². The Morgan fingerprint density at radius 2 is 2.05 bits per heavy atom. The number of amides is 1. The molecule has 0 aromatic heterocycles. The molecule has 4 atom stereocenters. The van der Waals surface area contributed by atoms with Crippen LogP contribution in [0.4, 0.5) is 0 Å². The Bertz CT molecular complexity index is 371. The average Bonchev–Trinajstić information content (AvgIpc) is 2.72. The van der Waals surface area contributed by atoms with Gasteiger partial charge in [0.1, 0.15) is 11.8 Å². The minimum atomic E-state index is -1.16. The van der Waals surface area contributed by atoms with Gasteiger partial charge in [-0.2, -0.15) is 0 Å². The van der Waals surface area contributed by atoms with Crippen molar-refractivity contribution < 1.29 is 24.6 Å². The number of carbonyl (C=O) groups is 3. The third kappa shape index (κ3) is 4.60. The molecule has 0 saturated carbocycles. The molecule has 0 bridgehead atoms. The van der Waals surface area contributed by atoms with Gasteiger partial charge in [0, 0.05) is 19.9 Å². The molecule has 1 unspecified atom stereocenters. The number of β-amino-alcohol motifs (C(OH)–C–C–N with tert-alkyl or cyclic N) is 1. The van der Waals surface area contributed by atoms with Gasteiger partial charge < -0.3 is 20.8 Å². The zero-order valence-corrected chi connectivity index (χ0v) is 11.0. The predicted octanol–water partition coefficient (Wildman–Crippen LogP) is -1.11. The second-order valence-electron chi connectivity index (χ2n) is 5.01. The van der Waals surface area contributed by atoms with E-state index in [-0.39, 0.29) is 12.2 Å². The SMILES string of the molecule is CC(=O)N[C@H](C(=O)O)C(C)CC(=O)[C@@H]1C[C@@H](O)CN1. The lowest BCUT2D eigenvalue weighted by molar-refractivity contribution is -0.143. The van der Waals surface area contributed by atoms with Gasteiger partial charge in [0.2, 0.25) is 5.91 Å². The van der Waals surface area contributed by atoms with Crippen LogP contribution in [0.15, 0.2) is 0 Å². The molecule has 0 aromatic rings. The number of hydrogen-bond donors (Lipinski definition) is 4. The number of carboxylic acids is 1. The molecule has 1 aliphatic rings. The number of Topliss-reactive ketones (excluding diaryl/α,β-unsaturated/α-hetero) is 1. The molecule has 1 amide bonds. The Hall–Kier alpha value is -1.47. The Morgan fingerprint density at radius 3 is 2.47 bits per heavy atom. The van der Waals surface area contributed by atoms with E-state index in [0.29, 0.717) is 13.0 Å². The van der Waals surface area contributed by atoms with Crippen LogP contribution >= 0.6 is 0 Å². The van der Waals surface area contributed by atoms with Crippen LogP contribution in [0.2, 0.25) is 0 Å². The van der Waals surface area contributed by atoms with Crippen molar-refractivity contribution in [2.45, 2.75) is 44.9 Å². The van der Waals surface area contributed by atoms with Gasteiger partial charge in [0.15, 0.2) is 0 Å². The quantitative estimate of drug-likeness (QED) is 0.487. The van der Waals surface area contributed by atoms with Crippen molar-refractivity contribution in [3.8, 4) is 0 Å². The van der Waals surface area contributed by atoms with Gasteiger partial charge in [0.05, 0.1) is 12.1 Å². The van der Waals surface area contributed by atoms with Gasteiger partial charge in [-0.05, 0) is 12.3 Å². The predicted molar refractivity (Wildman–Crippen MR) is 66.4 cm³/mol. The van der Waals surface area contributed by atoms with Crippen molar-refractivity contribution in [3.63, 3.8) is 0 Å². The summed E-state index contributed by atoms with van der Waals surface area (Å²) in [7, 11) is 0. The van der Waals surface area contributed by atoms with Crippen LogP contribution in [-0.4, -0.2) is 52.6 Å². The van der Waals surface area contributed by atoms with Crippen LogP contribution in [0.5, 0.6) is 0 Å². The Labute approximate surface area is 111 Å². The molecule has 0 aromatic carbocycles. The van der Waals surface area contributed by atoms with Crippen molar-refractivity contribution in [1.82, 2.24) is 10.6 Å². The first kappa shape index (κ1) is 15.6. The van der Waals surface area contributed by atoms with E-state index in [4.69, 9.17) is 5.11 Å². The molecule has 0 spiro atoms. The molecule has 7 heteroatoms. The Kier molecular flexibility index (Phi) is 5.44. The smallest absolute Gasteiger partial charge is 0.326 e. The zero-order valence-electron chi connectivity index (χ0n) is 11.0. The van der Waals surface area contributed by atoms with E-state index < -0.39 is 36.0 Å². The molecule has 1 aliphatic heterocycles. The molecule has 108 valence electrons. The fourth-order valence-electron chi connectivity index (χ4n) is 2.21. The van der Waals surface area contributed by atoms with Crippen LogP contribution in [-0.2, 0) is 14.4 Å². The number of hydrogen-bond acceptors (Lipinski definition) is 5. The van der Waals surface area contributed by atoms with E-state index in [1.165, 1.54) is 6.92 Å². The number of ketones is 1. The van der Waals surface area contributed by atoms with Crippen LogP contribution in [0.3, 0.4) is 0 Å². The zero-order chi connectivity index (χ0) is 14.6. The molecule has 0 radical (unpaired) electrons. The molecular weight excluding hydrogens is 252 g/mol.